The summed E-state index contributed by atoms with van der Waals surface area (Å²) in [7, 11) is 0. The minimum Gasteiger partial charge on any atom is -0.394 e. The maximum atomic E-state index is 12.9. The summed E-state index contributed by atoms with van der Waals surface area (Å²) in [5, 5.41) is 54.0. The number of allylic oxidation sites excluding steroid dienone is 7. The zero-order valence-electron chi connectivity index (χ0n) is 38.5. The Labute approximate surface area is 367 Å². The van der Waals surface area contributed by atoms with Crippen molar-refractivity contribution in [2.24, 2.45) is 0 Å². The van der Waals surface area contributed by atoms with Gasteiger partial charge >= 0.3 is 0 Å². The van der Waals surface area contributed by atoms with E-state index in [1.807, 2.05) is 6.08 Å². The predicted octanol–water partition coefficient (Wildman–Crippen LogP) is 11.0. The highest BCUT2D eigenvalue weighted by Crippen LogP contribution is 2.23. The van der Waals surface area contributed by atoms with E-state index in [1.165, 1.54) is 141 Å². The van der Waals surface area contributed by atoms with E-state index in [0.717, 1.165) is 51.4 Å². The maximum Gasteiger partial charge on any atom is 0.220 e. The van der Waals surface area contributed by atoms with Gasteiger partial charge in [0.2, 0.25) is 5.91 Å². The molecule has 9 heteroatoms. The molecule has 1 heterocycles. The fourth-order valence-electron chi connectivity index (χ4n) is 7.60. The molecule has 0 saturated carbocycles. The molecule has 0 radical (unpaired) electrons. The van der Waals surface area contributed by atoms with Crippen LogP contribution in [-0.4, -0.2) is 87.5 Å². The summed E-state index contributed by atoms with van der Waals surface area (Å²) >= 11 is 0. The second-order valence-electron chi connectivity index (χ2n) is 17.2. The molecule has 350 valence electrons. The lowest BCUT2D eigenvalue weighted by Gasteiger charge is -2.40. The third-order valence-corrected chi connectivity index (χ3v) is 11.6. The molecule has 0 aliphatic carbocycles. The molecule has 0 aromatic carbocycles. The van der Waals surface area contributed by atoms with E-state index in [4.69, 9.17) is 9.47 Å². The van der Waals surface area contributed by atoms with E-state index in [1.54, 1.807) is 6.08 Å². The molecule has 0 aromatic rings. The number of ether oxygens (including phenoxy) is 2. The molecular formula is C51H93NO8. The number of nitrogens with one attached hydrogen (secondary N) is 1. The van der Waals surface area contributed by atoms with Gasteiger partial charge in [0.1, 0.15) is 24.4 Å². The first-order valence-corrected chi connectivity index (χ1v) is 24.9. The highest BCUT2D eigenvalue weighted by Gasteiger charge is 2.44. The number of hydrogen-bond donors (Lipinski definition) is 6. The van der Waals surface area contributed by atoms with Crippen LogP contribution in [0.4, 0.5) is 0 Å². The summed E-state index contributed by atoms with van der Waals surface area (Å²) in [6.45, 7) is 3.67. The van der Waals surface area contributed by atoms with Crippen LogP contribution in [0, 0.1) is 0 Å². The van der Waals surface area contributed by atoms with E-state index in [0.29, 0.717) is 6.42 Å². The fraction of sp³-hybridized carbons (Fsp3) is 0.824. The third kappa shape index (κ3) is 31.1. The van der Waals surface area contributed by atoms with E-state index in [2.05, 4.69) is 55.6 Å². The van der Waals surface area contributed by atoms with Crippen LogP contribution in [0.2, 0.25) is 0 Å². The minimum absolute atomic E-state index is 0.190. The van der Waals surface area contributed by atoms with E-state index in [-0.39, 0.29) is 12.5 Å². The molecule has 6 N–H and O–H groups in total. The van der Waals surface area contributed by atoms with Crippen molar-refractivity contribution < 1.29 is 39.8 Å². The second-order valence-corrected chi connectivity index (χ2v) is 17.2. The second kappa shape index (κ2) is 41.2. The van der Waals surface area contributed by atoms with Gasteiger partial charge in [-0.15, -0.1) is 0 Å². The lowest BCUT2D eigenvalue weighted by molar-refractivity contribution is -0.302. The molecule has 0 aromatic heterocycles. The molecule has 0 spiro atoms. The van der Waals surface area contributed by atoms with Gasteiger partial charge in [-0.05, 0) is 57.8 Å². The summed E-state index contributed by atoms with van der Waals surface area (Å²) < 4.78 is 11.2. The summed E-state index contributed by atoms with van der Waals surface area (Å²) in [5.41, 5.74) is 0. The summed E-state index contributed by atoms with van der Waals surface area (Å²) in [6.07, 6.45) is 46.3. The highest BCUT2D eigenvalue weighted by molar-refractivity contribution is 5.76. The molecule has 1 amide bonds. The molecule has 1 saturated heterocycles. The zero-order chi connectivity index (χ0) is 43.7. The molecule has 1 rings (SSSR count). The van der Waals surface area contributed by atoms with Crippen molar-refractivity contribution in [3.8, 4) is 0 Å². The van der Waals surface area contributed by atoms with Crippen LogP contribution in [0.5, 0.6) is 0 Å². The monoisotopic (exact) mass is 848 g/mol. The maximum absolute atomic E-state index is 12.9. The summed E-state index contributed by atoms with van der Waals surface area (Å²) in [6, 6.07) is -0.818. The van der Waals surface area contributed by atoms with Gasteiger partial charge in [-0.2, -0.15) is 0 Å². The highest BCUT2D eigenvalue weighted by atomic mass is 16.7. The quantitative estimate of drug-likeness (QED) is 0.0263. The molecule has 1 aliphatic heterocycles. The topological polar surface area (TPSA) is 149 Å². The van der Waals surface area contributed by atoms with E-state index >= 15 is 0 Å². The third-order valence-electron chi connectivity index (χ3n) is 11.6. The number of rotatable bonds is 41. The van der Waals surface area contributed by atoms with Crippen LogP contribution in [0.25, 0.3) is 0 Å². The van der Waals surface area contributed by atoms with Crippen molar-refractivity contribution in [3.05, 3.63) is 48.6 Å². The van der Waals surface area contributed by atoms with Crippen LogP contribution < -0.4 is 5.32 Å². The molecular weight excluding hydrogens is 755 g/mol. The van der Waals surface area contributed by atoms with Crippen molar-refractivity contribution in [1.82, 2.24) is 5.32 Å². The lowest BCUT2D eigenvalue weighted by Crippen LogP contribution is -2.60. The number of amides is 1. The van der Waals surface area contributed by atoms with Gasteiger partial charge in [-0.25, -0.2) is 0 Å². The minimum atomic E-state index is -1.57. The van der Waals surface area contributed by atoms with Crippen LogP contribution in [-0.2, 0) is 14.3 Å². The van der Waals surface area contributed by atoms with E-state index in [9.17, 15) is 30.3 Å². The number of unbranched alkanes of at least 4 members (excludes halogenated alkanes) is 25. The van der Waals surface area contributed by atoms with Crippen molar-refractivity contribution in [2.75, 3.05) is 13.2 Å². The first-order chi connectivity index (χ1) is 29.3. The van der Waals surface area contributed by atoms with Gasteiger partial charge in [0.05, 0.1) is 25.4 Å². The number of carbonyl (C=O) groups excluding carboxylic acids is 1. The Bertz CT molecular complexity index is 1080. The average Bonchev–Trinajstić information content (AvgIpc) is 3.25. The van der Waals surface area contributed by atoms with Crippen LogP contribution in [0.15, 0.2) is 48.6 Å². The SMILES string of the molecule is CCCC/C=C/CC/C=C/C(O)C(COC1OC(CO)C(O)C(O)C1O)NC(=O)CCCCCCCCCCCCCCCCCCC/C=C\C/C=C\CCCCCCC. The molecule has 1 aliphatic rings. The first-order valence-electron chi connectivity index (χ1n) is 24.9. The smallest absolute Gasteiger partial charge is 0.220 e. The van der Waals surface area contributed by atoms with Gasteiger partial charge in [0.15, 0.2) is 6.29 Å². The largest absolute Gasteiger partial charge is 0.394 e. The van der Waals surface area contributed by atoms with Crippen LogP contribution >= 0.6 is 0 Å². The van der Waals surface area contributed by atoms with Crippen LogP contribution in [0.3, 0.4) is 0 Å². The van der Waals surface area contributed by atoms with Crippen LogP contribution in [0.1, 0.15) is 213 Å². The van der Waals surface area contributed by atoms with Crippen molar-refractivity contribution >= 4 is 5.91 Å². The van der Waals surface area contributed by atoms with Crippen molar-refractivity contribution in [3.63, 3.8) is 0 Å². The summed E-state index contributed by atoms with van der Waals surface area (Å²) in [4.78, 5) is 12.9. The number of hydrogen-bond acceptors (Lipinski definition) is 8. The molecule has 9 nitrogen and oxygen atoms in total. The zero-order valence-corrected chi connectivity index (χ0v) is 38.5. The summed E-state index contributed by atoms with van der Waals surface area (Å²) in [5.74, 6) is -0.190. The Balaban J connectivity index is 2.12. The van der Waals surface area contributed by atoms with Gasteiger partial charge in [-0.1, -0.05) is 197 Å². The van der Waals surface area contributed by atoms with Crippen molar-refractivity contribution in [2.45, 2.75) is 256 Å². The average molecular weight is 848 g/mol. The number of aliphatic hydroxyl groups is 5. The van der Waals surface area contributed by atoms with Gasteiger partial charge in [0, 0.05) is 6.42 Å². The molecule has 7 atom stereocenters. The Morgan fingerprint density at radius 2 is 1.02 bits per heavy atom. The fourth-order valence-corrected chi connectivity index (χ4v) is 7.60. The standard InChI is InChI=1S/C51H93NO8/c1-3-5-7-9-11-13-14-15-16-17-18-19-20-21-22-23-24-25-26-27-28-29-30-31-32-33-35-37-39-41-47(55)52-44(45(54)40-38-36-34-12-10-8-6-4-2)43-59-51-50(58)49(57)48(56)46(42-53)60-51/h10,12,14-15,17-18,38,40,44-46,48-51,53-54,56-58H,3-9,11,13,16,19-37,39,41-43H2,1-2H3,(H,52,55)/b12-10+,15-14-,18-17-,40-38+. The van der Waals surface area contributed by atoms with Crippen molar-refractivity contribution in [1.29, 1.82) is 0 Å². The Morgan fingerprint density at radius 1 is 0.567 bits per heavy atom. The number of aliphatic hydroxyl groups excluding tert-OH is 5. The Kier molecular flexibility index (Phi) is 38.5. The Hall–Kier alpha value is -1.85. The van der Waals surface area contributed by atoms with Gasteiger partial charge in [0.25, 0.3) is 0 Å². The van der Waals surface area contributed by atoms with E-state index < -0.39 is 49.5 Å². The normalized spacial score (nSPS) is 20.9. The number of carbonyl (C=O) groups is 1. The Morgan fingerprint density at radius 3 is 1.55 bits per heavy atom. The first kappa shape index (κ1) is 56.2. The predicted molar refractivity (Wildman–Crippen MR) is 249 cm³/mol. The van der Waals surface area contributed by atoms with Gasteiger partial charge < -0.3 is 40.3 Å². The molecule has 1 fully saturated rings. The van der Waals surface area contributed by atoms with Gasteiger partial charge in [-0.3, -0.25) is 4.79 Å². The lowest BCUT2D eigenvalue weighted by atomic mass is 9.99. The molecule has 60 heavy (non-hydrogen) atoms. The molecule has 7 unspecified atom stereocenters. The molecule has 0 bridgehead atoms.